The van der Waals surface area contributed by atoms with E-state index in [0.717, 1.165) is 22.2 Å². The van der Waals surface area contributed by atoms with Crippen molar-refractivity contribution in [3.63, 3.8) is 0 Å². The van der Waals surface area contributed by atoms with Crippen molar-refractivity contribution in [1.82, 2.24) is 4.98 Å². The van der Waals surface area contributed by atoms with Crippen molar-refractivity contribution in [2.24, 2.45) is 0 Å². The van der Waals surface area contributed by atoms with E-state index < -0.39 is 0 Å². The van der Waals surface area contributed by atoms with Crippen molar-refractivity contribution in [2.75, 3.05) is 0 Å². The van der Waals surface area contributed by atoms with Crippen LogP contribution in [0.4, 0.5) is 0 Å². The van der Waals surface area contributed by atoms with Gasteiger partial charge in [-0.2, -0.15) is 0 Å². The van der Waals surface area contributed by atoms with E-state index in [1.807, 2.05) is 48.6 Å². The van der Waals surface area contributed by atoms with Gasteiger partial charge in [0.2, 0.25) is 0 Å². The van der Waals surface area contributed by atoms with Crippen molar-refractivity contribution in [1.29, 1.82) is 0 Å². The van der Waals surface area contributed by atoms with E-state index in [1.54, 1.807) is 12.1 Å². The average Bonchev–Trinajstić information content (AvgIpc) is 2.46. The molecular formula is C17H14ClNO. The second-order valence-electron chi connectivity index (χ2n) is 4.35. The largest absolute Gasteiger partial charge is 0.508 e. The van der Waals surface area contributed by atoms with Crippen molar-refractivity contribution < 1.29 is 5.11 Å². The molecule has 0 saturated carbocycles. The predicted molar refractivity (Wildman–Crippen MR) is 86.0 cm³/mol. The number of rotatable bonds is 2. The maximum atomic E-state index is 9.22. The van der Waals surface area contributed by atoms with Crippen molar-refractivity contribution in [3.8, 4) is 5.75 Å². The molecule has 1 N–H and O–H groups in total. The third-order valence-electron chi connectivity index (χ3n) is 2.96. The molecule has 1 heterocycles. The van der Waals surface area contributed by atoms with Crippen LogP contribution in [0.2, 0.25) is 0 Å². The van der Waals surface area contributed by atoms with Gasteiger partial charge in [-0.1, -0.05) is 42.5 Å². The van der Waals surface area contributed by atoms with Gasteiger partial charge in [0.1, 0.15) is 5.75 Å². The molecule has 3 rings (SSSR count). The summed E-state index contributed by atoms with van der Waals surface area (Å²) in [5, 5.41) is 10.4. The van der Waals surface area contributed by atoms with Crippen LogP contribution in [0.5, 0.6) is 5.75 Å². The molecular weight excluding hydrogens is 270 g/mol. The molecule has 20 heavy (non-hydrogen) atoms. The smallest absolute Gasteiger partial charge is 0.115 e. The lowest BCUT2D eigenvalue weighted by Gasteiger charge is -1.98. The number of para-hydroxylation sites is 1. The molecule has 1 aromatic heterocycles. The van der Waals surface area contributed by atoms with Crippen molar-refractivity contribution in [3.05, 3.63) is 71.9 Å². The summed E-state index contributed by atoms with van der Waals surface area (Å²) < 4.78 is 0. The Morgan fingerprint density at radius 1 is 0.800 bits per heavy atom. The molecule has 0 amide bonds. The van der Waals surface area contributed by atoms with Gasteiger partial charge >= 0.3 is 0 Å². The number of pyridine rings is 1. The molecule has 2 aromatic carbocycles. The lowest BCUT2D eigenvalue weighted by atomic mass is 10.1. The van der Waals surface area contributed by atoms with Crippen LogP contribution >= 0.6 is 12.4 Å². The Balaban J connectivity index is 0.00000147. The summed E-state index contributed by atoms with van der Waals surface area (Å²) in [5.41, 5.74) is 2.95. The number of hydrogen-bond donors (Lipinski definition) is 1. The first kappa shape index (κ1) is 14.1. The van der Waals surface area contributed by atoms with Gasteiger partial charge < -0.3 is 5.11 Å². The van der Waals surface area contributed by atoms with Gasteiger partial charge in [0.25, 0.3) is 0 Å². The molecule has 0 radical (unpaired) electrons. The fraction of sp³-hybridized carbons (Fsp3) is 0. The summed E-state index contributed by atoms with van der Waals surface area (Å²) in [6, 6.07) is 19.2. The van der Waals surface area contributed by atoms with E-state index in [0.29, 0.717) is 0 Å². The Bertz CT molecular complexity index is 735. The number of benzene rings is 2. The number of phenols is 1. The van der Waals surface area contributed by atoms with Crippen LogP contribution in [-0.4, -0.2) is 10.1 Å². The molecule has 0 spiro atoms. The average molecular weight is 284 g/mol. The fourth-order valence-electron chi connectivity index (χ4n) is 1.94. The van der Waals surface area contributed by atoms with Crippen LogP contribution < -0.4 is 0 Å². The topological polar surface area (TPSA) is 33.1 Å². The zero-order valence-corrected chi connectivity index (χ0v) is 11.5. The fourth-order valence-corrected chi connectivity index (χ4v) is 1.94. The van der Waals surface area contributed by atoms with Crippen LogP contribution in [0.1, 0.15) is 11.3 Å². The zero-order valence-electron chi connectivity index (χ0n) is 10.7. The van der Waals surface area contributed by atoms with E-state index in [4.69, 9.17) is 0 Å². The van der Waals surface area contributed by atoms with Gasteiger partial charge in [0.05, 0.1) is 11.2 Å². The molecule has 0 saturated heterocycles. The molecule has 3 aromatic rings. The zero-order chi connectivity index (χ0) is 13.1. The standard InChI is InChI=1S/C17H13NO.ClH/c19-16-11-6-13(7-12-16)5-9-15-10-8-14-3-1-2-4-17(14)18-15;/h1-12,19H;1H/b9-5+;. The summed E-state index contributed by atoms with van der Waals surface area (Å²) in [6.45, 7) is 0. The molecule has 0 aliphatic heterocycles. The maximum Gasteiger partial charge on any atom is 0.115 e. The quantitative estimate of drug-likeness (QED) is 0.749. The van der Waals surface area contributed by atoms with Crippen molar-refractivity contribution >= 4 is 35.5 Å². The Kier molecular flexibility index (Phi) is 4.38. The summed E-state index contributed by atoms with van der Waals surface area (Å²) in [5.74, 6) is 0.279. The lowest BCUT2D eigenvalue weighted by Crippen LogP contribution is -1.82. The number of nitrogens with zero attached hydrogens (tertiary/aromatic N) is 1. The summed E-state index contributed by atoms with van der Waals surface area (Å²) in [7, 11) is 0. The molecule has 0 fully saturated rings. The van der Waals surface area contributed by atoms with Crippen molar-refractivity contribution in [2.45, 2.75) is 0 Å². The van der Waals surface area contributed by atoms with Crippen LogP contribution in [0.25, 0.3) is 23.1 Å². The number of phenolic OH excluding ortho intramolecular Hbond substituents is 1. The first-order chi connectivity index (χ1) is 9.31. The van der Waals surface area contributed by atoms with Gasteiger partial charge in [-0.25, -0.2) is 4.98 Å². The number of fused-ring (bicyclic) bond motifs is 1. The van der Waals surface area contributed by atoms with Crippen LogP contribution in [-0.2, 0) is 0 Å². The predicted octanol–water partition coefficient (Wildman–Crippen LogP) is 4.53. The molecule has 0 aliphatic rings. The summed E-state index contributed by atoms with van der Waals surface area (Å²) in [4.78, 5) is 4.57. The van der Waals surface area contributed by atoms with Gasteiger partial charge in [0, 0.05) is 5.39 Å². The molecule has 3 heteroatoms. The van der Waals surface area contributed by atoms with E-state index in [-0.39, 0.29) is 18.2 Å². The highest BCUT2D eigenvalue weighted by Gasteiger charge is 1.94. The minimum Gasteiger partial charge on any atom is -0.508 e. The third kappa shape index (κ3) is 3.16. The van der Waals surface area contributed by atoms with E-state index in [9.17, 15) is 5.11 Å². The molecule has 0 atom stereocenters. The Morgan fingerprint density at radius 3 is 2.35 bits per heavy atom. The maximum absolute atomic E-state index is 9.22. The Morgan fingerprint density at radius 2 is 1.55 bits per heavy atom. The van der Waals surface area contributed by atoms with E-state index in [1.165, 1.54) is 0 Å². The number of aromatic nitrogens is 1. The molecule has 0 aliphatic carbocycles. The second kappa shape index (κ2) is 6.22. The summed E-state index contributed by atoms with van der Waals surface area (Å²) in [6.07, 6.45) is 3.95. The highest BCUT2D eigenvalue weighted by Crippen LogP contribution is 2.15. The highest BCUT2D eigenvalue weighted by atomic mass is 35.5. The van der Waals surface area contributed by atoms with Gasteiger partial charge in [-0.05, 0) is 35.9 Å². The number of aromatic hydroxyl groups is 1. The minimum atomic E-state index is 0. The normalized spacial score (nSPS) is 10.6. The van der Waals surface area contributed by atoms with Crippen LogP contribution in [0.3, 0.4) is 0 Å². The summed E-state index contributed by atoms with van der Waals surface area (Å²) >= 11 is 0. The SMILES string of the molecule is Cl.Oc1ccc(/C=C/c2ccc3ccccc3n2)cc1. The Labute approximate surface area is 123 Å². The first-order valence-electron chi connectivity index (χ1n) is 6.14. The lowest BCUT2D eigenvalue weighted by molar-refractivity contribution is 0.475. The second-order valence-corrected chi connectivity index (χ2v) is 4.35. The van der Waals surface area contributed by atoms with Crippen LogP contribution in [0.15, 0.2) is 60.7 Å². The molecule has 100 valence electrons. The van der Waals surface area contributed by atoms with Gasteiger partial charge in [-0.3, -0.25) is 0 Å². The highest BCUT2D eigenvalue weighted by molar-refractivity contribution is 5.85. The van der Waals surface area contributed by atoms with E-state index >= 15 is 0 Å². The Hall–Kier alpha value is -2.32. The molecule has 2 nitrogen and oxygen atoms in total. The van der Waals surface area contributed by atoms with Gasteiger partial charge in [-0.15, -0.1) is 12.4 Å². The number of halogens is 1. The monoisotopic (exact) mass is 283 g/mol. The third-order valence-corrected chi connectivity index (χ3v) is 2.96. The molecule has 0 unspecified atom stereocenters. The minimum absolute atomic E-state index is 0. The van der Waals surface area contributed by atoms with Gasteiger partial charge in [0.15, 0.2) is 0 Å². The first-order valence-corrected chi connectivity index (χ1v) is 6.14. The number of hydrogen-bond acceptors (Lipinski definition) is 2. The van der Waals surface area contributed by atoms with E-state index in [2.05, 4.69) is 17.1 Å². The van der Waals surface area contributed by atoms with Crippen LogP contribution in [0, 0.1) is 0 Å². The molecule has 0 bridgehead atoms.